The number of imidazole rings is 1. The molecule has 0 N–H and O–H groups in total. The Morgan fingerprint density at radius 3 is 2.43 bits per heavy atom. The first-order chi connectivity index (χ1) is 16.8. The minimum atomic E-state index is 0. The zero-order valence-electron chi connectivity index (χ0n) is 18.3. The van der Waals surface area contributed by atoms with Gasteiger partial charge in [-0.25, -0.2) is 0 Å². The van der Waals surface area contributed by atoms with Crippen LogP contribution in [0.4, 0.5) is 0 Å². The molecule has 0 saturated carbocycles. The van der Waals surface area contributed by atoms with Crippen molar-refractivity contribution in [2.24, 2.45) is 0 Å². The number of rotatable bonds is 3. The molecule has 168 valence electrons. The molecule has 0 amide bonds. The summed E-state index contributed by atoms with van der Waals surface area (Å²) < 4.78 is 8.33. The first-order valence-corrected chi connectivity index (χ1v) is 11.0. The summed E-state index contributed by atoms with van der Waals surface area (Å²) in [6.07, 6.45) is 3.58. The van der Waals surface area contributed by atoms with Crippen molar-refractivity contribution in [3.63, 3.8) is 0 Å². The standard InChI is InChI=1S/C29H16N4O.Pd/c1-2-11-26-25(10-1)32-29-23-18-21(13-14-22(23)28-27(33(26)29)12-6-16-31-28)34-20-8-5-7-19(17-20)24-9-3-4-15-30-24;/h1-16H;/q-2;+2. The van der Waals surface area contributed by atoms with Crippen LogP contribution in [0.5, 0.6) is 11.5 Å². The molecular formula is C29H16N4OPd. The van der Waals surface area contributed by atoms with Crippen LogP contribution in [0.3, 0.4) is 0 Å². The molecule has 0 atom stereocenters. The van der Waals surface area contributed by atoms with E-state index in [0.717, 1.165) is 49.7 Å². The summed E-state index contributed by atoms with van der Waals surface area (Å²) in [6.45, 7) is 0. The minimum Gasteiger partial charge on any atom is -0.497 e. The molecule has 0 radical (unpaired) electrons. The molecule has 4 heterocycles. The van der Waals surface area contributed by atoms with E-state index >= 15 is 0 Å². The maximum atomic E-state index is 6.19. The predicted molar refractivity (Wildman–Crippen MR) is 133 cm³/mol. The fourth-order valence-electron chi connectivity index (χ4n) is 4.43. The number of aromatic nitrogens is 4. The number of fused-ring (bicyclic) bond motifs is 8. The van der Waals surface area contributed by atoms with Gasteiger partial charge >= 0.3 is 20.4 Å². The van der Waals surface area contributed by atoms with E-state index in [1.54, 1.807) is 6.20 Å². The number of hydrogen-bond donors (Lipinski definition) is 0. The Bertz CT molecular complexity index is 1850. The van der Waals surface area contributed by atoms with E-state index in [1.807, 2.05) is 79.0 Å². The minimum absolute atomic E-state index is 0. The number of pyridine rings is 3. The molecule has 0 aliphatic carbocycles. The Hall–Kier alpha value is -4.11. The van der Waals surface area contributed by atoms with Gasteiger partial charge in [0.15, 0.2) is 0 Å². The zero-order valence-corrected chi connectivity index (χ0v) is 19.8. The van der Waals surface area contributed by atoms with Crippen LogP contribution in [0, 0.1) is 12.1 Å². The van der Waals surface area contributed by atoms with E-state index in [2.05, 4.69) is 38.6 Å². The van der Waals surface area contributed by atoms with Gasteiger partial charge < -0.3 is 14.1 Å². The third-order valence-electron chi connectivity index (χ3n) is 5.91. The van der Waals surface area contributed by atoms with E-state index in [4.69, 9.17) is 9.72 Å². The Morgan fingerprint density at radius 2 is 1.51 bits per heavy atom. The molecule has 0 aliphatic rings. The van der Waals surface area contributed by atoms with Crippen molar-refractivity contribution in [1.82, 2.24) is 19.4 Å². The molecule has 4 aromatic heterocycles. The van der Waals surface area contributed by atoms with Crippen LogP contribution in [-0.2, 0) is 20.4 Å². The molecule has 7 aromatic rings. The number of hydrogen-bond acceptors (Lipinski definition) is 4. The van der Waals surface area contributed by atoms with Crippen LogP contribution < -0.4 is 4.74 Å². The van der Waals surface area contributed by atoms with Crippen LogP contribution in [0.1, 0.15) is 0 Å². The Kier molecular flexibility index (Phi) is 5.26. The van der Waals surface area contributed by atoms with E-state index in [0.29, 0.717) is 11.5 Å². The van der Waals surface area contributed by atoms with Crippen molar-refractivity contribution in [1.29, 1.82) is 0 Å². The second kappa shape index (κ2) is 8.59. The molecule has 0 spiro atoms. The number of nitrogens with zero attached hydrogens (tertiary/aromatic N) is 4. The topological polar surface area (TPSA) is 52.3 Å². The van der Waals surface area contributed by atoms with Crippen molar-refractivity contribution in [2.45, 2.75) is 0 Å². The third kappa shape index (κ3) is 3.55. The largest absolute Gasteiger partial charge is 2.00 e. The molecule has 0 unspecified atom stereocenters. The Balaban J connectivity index is 0.00000229. The third-order valence-corrected chi connectivity index (χ3v) is 5.91. The van der Waals surface area contributed by atoms with Gasteiger partial charge in [-0.3, -0.25) is 9.97 Å². The fraction of sp³-hybridized carbons (Fsp3) is 0. The monoisotopic (exact) mass is 542 g/mol. The molecule has 0 saturated heterocycles. The Labute approximate surface area is 214 Å². The van der Waals surface area contributed by atoms with Gasteiger partial charge in [-0.05, 0) is 36.0 Å². The van der Waals surface area contributed by atoms with Gasteiger partial charge in [0.05, 0.1) is 27.7 Å². The summed E-state index contributed by atoms with van der Waals surface area (Å²) in [7, 11) is 0. The van der Waals surface area contributed by atoms with E-state index in [9.17, 15) is 0 Å². The normalized spacial score (nSPS) is 11.2. The molecular weight excluding hydrogens is 527 g/mol. The van der Waals surface area contributed by atoms with E-state index < -0.39 is 0 Å². The number of benzene rings is 3. The second-order valence-electron chi connectivity index (χ2n) is 7.99. The van der Waals surface area contributed by atoms with Gasteiger partial charge in [-0.15, -0.1) is 29.8 Å². The average Bonchev–Trinajstić information content (AvgIpc) is 3.30. The van der Waals surface area contributed by atoms with Gasteiger partial charge in [0.25, 0.3) is 0 Å². The molecule has 7 rings (SSSR count). The molecule has 6 heteroatoms. The van der Waals surface area contributed by atoms with Crippen molar-refractivity contribution in [3.8, 4) is 22.8 Å². The summed E-state index contributed by atoms with van der Waals surface area (Å²) in [4.78, 5) is 14.0. The van der Waals surface area contributed by atoms with Crippen LogP contribution in [0.15, 0.2) is 97.3 Å². The zero-order chi connectivity index (χ0) is 22.5. The van der Waals surface area contributed by atoms with Gasteiger partial charge in [-0.2, -0.15) is 0 Å². The van der Waals surface area contributed by atoms with Gasteiger partial charge in [-0.1, -0.05) is 53.2 Å². The van der Waals surface area contributed by atoms with Crippen molar-refractivity contribution >= 4 is 38.5 Å². The average molecular weight is 543 g/mol. The maximum absolute atomic E-state index is 6.19. The van der Waals surface area contributed by atoms with Crippen LogP contribution in [0.2, 0.25) is 0 Å². The quantitative estimate of drug-likeness (QED) is 0.143. The summed E-state index contributed by atoms with van der Waals surface area (Å²) in [5.41, 5.74) is 6.42. The molecule has 3 aromatic carbocycles. The van der Waals surface area contributed by atoms with Crippen LogP contribution in [0.25, 0.3) is 49.7 Å². The summed E-state index contributed by atoms with van der Waals surface area (Å²) in [6, 6.07) is 34.4. The molecule has 0 bridgehead atoms. The summed E-state index contributed by atoms with van der Waals surface area (Å²) >= 11 is 0. The number of ether oxygens (including phenoxy) is 1. The van der Waals surface area contributed by atoms with E-state index in [-0.39, 0.29) is 20.4 Å². The summed E-state index contributed by atoms with van der Waals surface area (Å²) in [5, 5.41) is 1.85. The van der Waals surface area contributed by atoms with Crippen molar-refractivity contribution < 1.29 is 25.2 Å². The predicted octanol–water partition coefficient (Wildman–Crippen LogP) is 6.64. The maximum Gasteiger partial charge on any atom is 2.00 e. The summed E-state index contributed by atoms with van der Waals surface area (Å²) in [5.74, 6) is 1.19. The smallest absolute Gasteiger partial charge is 0.497 e. The molecule has 0 fully saturated rings. The van der Waals surface area contributed by atoms with Crippen LogP contribution in [-0.4, -0.2) is 19.4 Å². The van der Waals surface area contributed by atoms with E-state index in [1.165, 1.54) is 0 Å². The van der Waals surface area contributed by atoms with Gasteiger partial charge in [0.1, 0.15) is 0 Å². The first-order valence-electron chi connectivity index (χ1n) is 11.0. The number of para-hydroxylation sites is 2. The van der Waals surface area contributed by atoms with Gasteiger partial charge in [0.2, 0.25) is 0 Å². The first kappa shape index (κ1) is 21.4. The van der Waals surface area contributed by atoms with Crippen molar-refractivity contribution in [2.75, 3.05) is 0 Å². The molecule has 5 nitrogen and oxygen atoms in total. The SMILES string of the molecule is [Pd+2].[c-]1c(Oc2[c-]c3c(cc2)c2ncccc2n2c4ccccc4nc32)cccc1-c1ccccn1. The molecule has 0 aliphatic heterocycles. The van der Waals surface area contributed by atoms with Crippen molar-refractivity contribution in [3.05, 3.63) is 109 Å². The molecule has 35 heavy (non-hydrogen) atoms. The Morgan fingerprint density at radius 1 is 0.686 bits per heavy atom. The van der Waals surface area contributed by atoms with Gasteiger partial charge in [0, 0.05) is 23.9 Å². The fourth-order valence-corrected chi connectivity index (χ4v) is 4.43. The van der Waals surface area contributed by atoms with Crippen LogP contribution >= 0.6 is 0 Å². The second-order valence-corrected chi connectivity index (χ2v) is 7.99.